The van der Waals surface area contributed by atoms with E-state index >= 15 is 0 Å². The van der Waals surface area contributed by atoms with Gasteiger partial charge in [0, 0.05) is 30.7 Å². The Morgan fingerprint density at radius 1 is 1.22 bits per heavy atom. The van der Waals surface area contributed by atoms with Crippen molar-refractivity contribution in [3.8, 4) is 0 Å². The maximum absolute atomic E-state index is 9.88. The number of aliphatic hydroxyl groups excluding tert-OH is 1. The summed E-state index contributed by atoms with van der Waals surface area (Å²) in [5.74, 6) is 0. The van der Waals surface area contributed by atoms with Gasteiger partial charge < -0.3 is 9.84 Å². The lowest BCUT2D eigenvalue weighted by Crippen LogP contribution is -2.14. The summed E-state index contributed by atoms with van der Waals surface area (Å²) in [6, 6.07) is 12.0. The fourth-order valence-corrected chi connectivity index (χ4v) is 1.93. The molecule has 18 heavy (non-hydrogen) atoms. The minimum atomic E-state index is -0.384. The number of fused-ring (bicyclic) bond motifs is 1. The molecule has 1 aromatic carbocycles. The van der Waals surface area contributed by atoms with Gasteiger partial charge in [0.15, 0.2) is 0 Å². The molecule has 0 amide bonds. The largest absolute Gasteiger partial charge is 0.393 e. The first-order valence-electron chi connectivity index (χ1n) is 6.40. The van der Waals surface area contributed by atoms with Crippen LogP contribution < -0.4 is 0 Å². The molecule has 0 fully saturated rings. The number of pyridine rings is 1. The van der Waals surface area contributed by atoms with Gasteiger partial charge in [-0.2, -0.15) is 0 Å². The Morgan fingerprint density at radius 3 is 2.89 bits per heavy atom. The van der Waals surface area contributed by atoms with Crippen molar-refractivity contribution in [2.24, 2.45) is 0 Å². The number of nitrogens with zero attached hydrogens (tertiary/aromatic N) is 1. The smallest absolute Gasteiger partial charge is 0.0705 e. The van der Waals surface area contributed by atoms with E-state index in [0.717, 1.165) is 16.6 Å². The van der Waals surface area contributed by atoms with E-state index in [-0.39, 0.29) is 6.10 Å². The molecule has 2 rings (SSSR count). The molecule has 1 aromatic heterocycles. The molecule has 0 aliphatic carbocycles. The van der Waals surface area contributed by atoms with Gasteiger partial charge in [-0.15, -0.1) is 0 Å². The number of ether oxygens (including phenoxy) is 1. The molecule has 2 aromatic rings. The highest BCUT2D eigenvalue weighted by molar-refractivity contribution is 5.78. The Bertz CT molecular complexity index is 499. The lowest BCUT2D eigenvalue weighted by molar-refractivity contribution is 0.0883. The first-order chi connectivity index (χ1) is 8.79. The molecule has 0 radical (unpaired) electrons. The number of hydrogen-bond acceptors (Lipinski definition) is 3. The molecule has 1 heterocycles. The Kier molecular flexibility index (Phi) is 4.67. The van der Waals surface area contributed by atoms with Gasteiger partial charge in [-0.1, -0.05) is 24.3 Å². The van der Waals surface area contributed by atoms with Gasteiger partial charge in [0.1, 0.15) is 0 Å². The molecule has 3 heteroatoms. The van der Waals surface area contributed by atoms with Gasteiger partial charge in [0.05, 0.1) is 11.6 Å². The zero-order valence-corrected chi connectivity index (χ0v) is 10.7. The Hall–Kier alpha value is -1.45. The number of para-hydroxylation sites is 1. The lowest BCUT2D eigenvalue weighted by atomic mass is 10.1. The Morgan fingerprint density at radius 2 is 2.06 bits per heavy atom. The third kappa shape index (κ3) is 3.52. The van der Waals surface area contributed by atoms with E-state index in [0.29, 0.717) is 26.1 Å². The summed E-state index contributed by atoms with van der Waals surface area (Å²) in [6.07, 6.45) is 0.852. The van der Waals surface area contributed by atoms with Crippen molar-refractivity contribution in [1.82, 2.24) is 4.98 Å². The second-order valence-electron chi connectivity index (χ2n) is 4.34. The van der Waals surface area contributed by atoms with E-state index in [1.54, 1.807) is 0 Å². The molecule has 0 saturated heterocycles. The summed E-state index contributed by atoms with van der Waals surface area (Å²) >= 11 is 0. The van der Waals surface area contributed by atoms with Crippen LogP contribution in [0.2, 0.25) is 0 Å². The average molecular weight is 245 g/mol. The molecule has 3 nitrogen and oxygen atoms in total. The number of aromatic nitrogens is 1. The first-order valence-corrected chi connectivity index (χ1v) is 6.40. The van der Waals surface area contributed by atoms with Crippen molar-refractivity contribution >= 4 is 10.9 Å². The van der Waals surface area contributed by atoms with Gasteiger partial charge in [0.2, 0.25) is 0 Å². The number of aliphatic hydroxyl groups is 1. The van der Waals surface area contributed by atoms with E-state index in [1.165, 1.54) is 0 Å². The van der Waals surface area contributed by atoms with E-state index in [9.17, 15) is 5.11 Å². The Balaban J connectivity index is 1.98. The fourth-order valence-electron chi connectivity index (χ4n) is 1.93. The highest BCUT2D eigenvalue weighted by Crippen LogP contribution is 2.13. The molecule has 0 saturated carbocycles. The molecule has 1 atom stereocenters. The maximum Gasteiger partial charge on any atom is 0.0705 e. The minimum Gasteiger partial charge on any atom is -0.393 e. The van der Waals surface area contributed by atoms with Crippen molar-refractivity contribution in [3.63, 3.8) is 0 Å². The SMILES string of the molecule is CCOCCC(O)Cc1ccc2ccccc2n1. The van der Waals surface area contributed by atoms with Gasteiger partial charge in [-0.05, 0) is 25.5 Å². The third-order valence-corrected chi connectivity index (χ3v) is 2.90. The molecule has 0 spiro atoms. The van der Waals surface area contributed by atoms with Crippen LogP contribution in [0.25, 0.3) is 10.9 Å². The quantitative estimate of drug-likeness (QED) is 0.795. The van der Waals surface area contributed by atoms with E-state index in [2.05, 4.69) is 4.98 Å². The van der Waals surface area contributed by atoms with E-state index in [4.69, 9.17) is 4.74 Å². The molecule has 96 valence electrons. The van der Waals surface area contributed by atoms with Crippen LogP contribution in [0.1, 0.15) is 19.0 Å². The van der Waals surface area contributed by atoms with Crippen LogP contribution >= 0.6 is 0 Å². The van der Waals surface area contributed by atoms with Crippen molar-refractivity contribution in [3.05, 3.63) is 42.1 Å². The number of rotatable bonds is 6. The van der Waals surface area contributed by atoms with Crippen LogP contribution in [0.3, 0.4) is 0 Å². The summed E-state index contributed by atoms with van der Waals surface area (Å²) < 4.78 is 5.23. The van der Waals surface area contributed by atoms with Crippen LogP contribution in [-0.4, -0.2) is 29.4 Å². The first kappa shape index (κ1) is 13.0. The van der Waals surface area contributed by atoms with Crippen molar-refractivity contribution in [2.45, 2.75) is 25.9 Å². The van der Waals surface area contributed by atoms with Crippen LogP contribution in [0.5, 0.6) is 0 Å². The third-order valence-electron chi connectivity index (χ3n) is 2.90. The van der Waals surface area contributed by atoms with Crippen molar-refractivity contribution < 1.29 is 9.84 Å². The average Bonchev–Trinajstić information content (AvgIpc) is 2.39. The predicted molar refractivity (Wildman–Crippen MR) is 72.6 cm³/mol. The molecule has 0 aliphatic heterocycles. The van der Waals surface area contributed by atoms with Gasteiger partial charge in [0.25, 0.3) is 0 Å². The Labute approximate surface area is 107 Å². The molecule has 0 bridgehead atoms. The summed E-state index contributed by atoms with van der Waals surface area (Å²) in [6.45, 7) is 3.25. The van der Waals surface area contributed by atoms with Crippen LogP contribution in [0.15, 0.2) is 36.4 Å². The summed E-state index contributed by atoms with van der Waals surface area (Å²) in [4.78, 5) is 4.54. The van der Waals surface area contributed by atoms with Crippen LogP contribution in [0, 0.1) is 0 Å². The summed E-state index contributed by atoms with van der Waals surface area (Å²) in [5.41, 5.74) is 1.91. The molecular weight excluding hydrogens is 226 g/mol. The monoisotopic (exact) mass is 245 g/mol. The summed E-state index contributed by atoms with van der Waals surface area (Å²) in [5, 5.41) is 11.0. The van der Waals surface area contributed by atoms with E-state index < -0.39 is 0 Å². The standard InChI is InChI=1S/C15H19NO2/c1-2-18-10-9-14(17)11-13-8-7-12-5-3-4-6-15(12)16-13/h3-8,14,17H,2,9-11H2,1H3. The zero-order valence-electron chi connectivity index (χ0n) is 10.7. The van der Waals surface area contributed by atoms with Crippen LogP contribution in [-0.2, 0) is 11.2 Å². The lowest BCUT2D eigenvalue weighted by Gasteiger charge is -2.10. The minimum absolute atomic E-state index is 0.384. The topological polar surface area (TPSA) is 42.4 Å². The fraction of sp³-hybridized carbons (Fsp3) is 0.400. The van der Waals surface area contributed by atoms with Crippen molar-refractivity contribution in [2.75, 3.05) is 13.2 Å². The molecular formula is C15H19NO2. The maximum atomic E-state index is 9.88. The summed E-state index contributed by atoms with van der Waals surface area (Å²) in [7, 11) is 0. The van der Waals surface area contributed by atoms with Crippen LogP contribution in [0.4, 0.5) is 0 Å². The zero-order chi connectivity index (χ0) is 12.8. The molecule has 1 N–H and O–H groups in total. The molecule has 0 aliphatic rings. The number of hydrogen-bond donors (Lipinski definition) is 1. The number of benzene rings is 1. The van der Waals surface area contributed by atoms with Gasteiger partial charge in [-0.25, -0.2) is 0 Å². The normalized spacial score (nSPS) is 12.8. The second kappa shape index (κ2) is 6.47. The predicted octanol–water partition coefficient (Wildman–Crippen LogP) is 2.56. The highest BCUT2D eigenvalue weighted by atomic mass is 16.5. The second-order valence-corrected chi connectivity index (χ2v) is 4.34. The van der Waals surface area contributed by atoms with E-state index in [1.807, 2.05) is 43.3 Å². The molecule has 1 unspecified atom stereocenters. The highest BCUT2D eigenvalue weighted by Gasteiger charge is 2.07. The van der Waals surface area contributed by atoms with Gasteiger partial charge in [-0.3, -0.25) is 4.98 Å². The van der Waals surface area contributed by atoms with Gasteiger partial charge >= 0.3 is 0 Å². The van der Waals surface area contributed by atoms with Crippen molar-refractivity contribution in [1.29, 1.82) is 0 Å².